The Morgan fingerprint density at radius 2 is 1.66 bits per heavy atom. The number of nitrogens with zero attached hydrogens (tertiary/aromatic N) is 2. The molecule has 2 aliphatic rings. The smallest absolute Gasteiger partial charge is 0.359 e. The molecule has 0 saturated carbocycles. The third kappa shape index (κ3) is 4.07. The van der Waals surface area contributed by atoms with Crippen molar-refractivity contribution in [2.45, 2.75) is 25.5 Å². The number of hydrogen-bond acceptors (Lipinski definition) is 6. The van der Waals surface area contributed by atoms with Crippen LogP contribution in [-0.2, 0) is 21.0 Å². The summed E-state index contributed by atoms with van der Waals surface area (Å²) in [6, 6.07) is 15.6. The molecule has 2 aromatic rings. The minimum atomic E-state index is -0.985. The lowest BCUT2D eigenvalue weighted by Gasteiger charge is -2.18. The Morgan fingerprint density at radius 1 is 0.931 bits per heavy atom. The summed E-state index contributed by atoms with van der Waals surface area (Å²) in [4.78, 5) is 43.0. The fourth-order valence-corrected chi connectivity index (χ4v) is 3.19. The summed E-state index contributed by atoms with van der Waals surface area (Å²) in [5.41, 5.74) is 0.745. The van der Waals surface area contributed by atoms with Gasteiger partial charge in [-0.1, -0.05) is 42.5 Å². The molecule has 1 saturated heterocycles. The molecular formula is C21H20N2O6. The molecule has 29 heavy (non-hydrogen) atoms. The predicted molar refractivity (Wildman–Crippen MR) is 101 cm³/mol. The normalized spacial score (nSPS) is 18.9. The number of carbonyl (C=O) groups excluding carboxylic acids is 3. The van der Waals surface area contributed by atoms with Gasteiger partial charge in [-0.15, -0.1) is 5.06 Å². The maximum absolute atomic E-state index is 12.5. The molecule has 4 amide bonds. The van der Waals surface area contributed by atoms with E-state index in [-0.39, 0.29) is 19.3 Å². The van der Waals surface area contributed by atoms with Gasteiger partial charge in [0, 0.05) is 12.8 Å². The van der Waals surface area contributed by atoms with Gasteiger partial charge in [-0.3, -0.25) is 14.4 Å². The molecule has 150 valence electrons. The molecule has 1 unspecified atom stereocenters. The van der Waals surface area contributed by atoms with E-state index in [0.717, 1.165) is 10.5 Å². The Hall–Kier alpha value is -3.39. The van der Waals surface area contributed by atoms with E-state index in [1.54, 1.807) is 24.3 Å². The van der Waals surface area contributed by atoms with Crippen LogP contribution in [0.25, 0.3) is 0 Å². The number of hydrogen-bond donors (Lipinski definition) is 0. The van der Waals surface area contributed by atoms with Crippen LogP contribution in [0.5, 0.6) is 11.5 Å². The number of rotatable bonds is 6. The third-order valence-corrected chi connectivity index (χ3v) is 4.70. The highest BCUT2D eigenvalue weighted by atomic mass is 16.7. The van der Waals surface area contributed by atoms with Gasteiger partial charge < -0.3 is 9.47 Å². The molecule has 1 fully saturated rings. The number of hydroxylamine groups is 2. The predicted octanol–water partition coefficient (Wildman–Crippen LogP) is 2.53. The van der Waals surface area contributed by atoms with Crippen LogP contribution in [0.4, 0.5) is 4.79 Å². The molecule has 0 spiro atoms. The van der Waals surface area contributed by atoms with Crippen LogP contribution in [-0.4, -0.2) is 47.1 Å². The van der Waals surface area contributed by atoms with Crippen molar-refractivity contribution in [3.05, 3.63) is 60.2 Å². The van der Waals surface area contributed by atoms with Crippen molar-refractivity contribution in [2.75, 3.05) is 13.2 Å². The van der Waals surface area contributed by atoms with Crippen LogP contribution in [0.1, 0.15) is 18.4 Å². The van der Waals surface area contributed by atoms with Gasteiger partial charge in [-0.25, -0.2) is 9.69 Å². The Kier molecular flexibility index (Phi) is 5.44. The van der Waals surface area contributed by atoms with E-state index >= 15 is 0 Å². The minimum Gasteiger partial charge on any atom is -0.490 e. The van der Waals surface area contributed by atoms with Gasteiger partial charge in [-0.2, -0.15) is 0 Å². The summed E-state index contributed by atoms with van der Waals surface area (Å²) >= 11 is 0. The highest BCUT2D eigenvalue weighted by Gasteiger charge is 2.45. The van der Waals surface area contributed by atoms with Gasteiger partial charge in [0.25, 0.3) is 0 Å². The topological polar surface area (TPSA) is 85.4 Å². The van der Waals surface area contributed by atoms with Crippen LogP contribution in [0.15, 0.2) is 54.6 Å². The molecule has 4 rings (SSSR count). The molecule has 0 aliphatic carbocycles. The summed E-state index contributed by atoms with van der Waals surface area (Å²) < 4.78 is 11.6. The molecular weight excluding hydrogens is 376 g/mol. The first kappa shape index (κ1) is 18.9. The molecule has 2 aliphatic heterocycles. The van der Waals surface area contributed by atoms with Crippen LogP contribution in [0.3, 0.4) is 0 Å². The van der Waals surface area contributed by atoms with E-state index in [1.807, 2.05) is 30.3 Å². The first-order valence-corrected chi connectivity index (χ1v) is 9.38. The Morgan fingerprint density at radius 3 is 2.45 bits per heavy atom. The second-order valence-corrected chi connectivity index (χ2v) is 6.70. The van der Waals surface area contributed by atoms with Crippen LogP contribution in [0, 0.1) is 0 Å². The summed E-state index contributed by atoms with van der Waals surface area (Å²) in [7, 11) is 0. The van der Waals surface area contributed by atoms with E-state index < -0.39 is 17.8 Å². The van der Waals surface area contributed by atoms with Crippen molar-refractivity contribution in [3.8, 4) is 11.5 Å². The molecule has 1 atom stereocenters. The number of imide groups is 2. The van der Waals surface area contributed by atoms with Gasteiger partial charge in [0.2, 0.25) is 0 Å². The van der Waals surface area contributed by atoms with E-state index in [9.17, 15) is 14.4 Å². The second-order valence-electron chi connectivity index (χ2n) is 6.70. The maximum Gasteiger partial charge on any atom is 0.359 e. The molecule has 0 N–H and O–H groups in total. The van der Waals surface area contributed by atoms with E-state index in [1.165, 1.54) is 0 Å². The van der Waals surface area contributed by atoms with Gasteiger partial charge >= 0.3 is 17.8 Å². The van der Waals surface area contributed by atoms with E-state index in [0.29, 0.717) is 36.0 Å². The molecule has 2 heterocycles. The number of urea groups is 1. The number of benzene rings is 2. The minimum absolute atomic E-state index is 0.0178. The number of ether oxygens (including phenoxy) is 2. The second kappa shape index (κ2) is 8.32. The summed E-state index contributed by atoms with van der Waals surface area (Å²) in [6.45, 7) is 0.563. The van der Waals surface area contributed by atoms with Crippen molar-refractivity contribution in [3.63, 3.8) is 0 Å². The number of para-hydroxylation sites is 2. The fourth-order valence-electron chi connectivity index (χ4n) is 3.19. The van der Waals surface area contributed by atoms with Gasteiger partial charge in [0.05, 0.1) is 19.8 Å². The average molecular weight is 396 g/mol. The number of carbonyl (C=O) groups is 3. The van der Waals surface area contributed by atoms with Crippen LogP contribution >= 0.6 is 0 Å². The van der Waals surface area contributed by atoms with E-state index in [4.69, 9.17) is 14.3 Å². The molecule has 2 aromatic carbocycles. The SMILES string of the molecule is O=C1C(=O)N(OCCC2CCOc3ccccc3O2)C(=O)N1Cc1ccccc1. The first-order chi connectivity index (χ1) is 14.1. The molecule has 0 radical (unpaired) electrons. The van der Waals surface area contributed by atoms with Gasteiger partial charge in [0.15, 0.2) is 11.5 Å². The van der Waals surface area contributed by atoms with Crippen molar-refractivity contribution in [1.82, 2.24) is 9.96 Å². The van der Waals surface area contributed by atoms with Crippen molar-refractivity contribution >= 4 is 17.8 Å². The summed E-state index contributed by atoms with van der Waals surface area (Å²) in [6.07, 6.45) is 0.878. The van der Waals surface area contributed by atoms with Gasteiger partial charge in [-0.05, 0) is 17.7 Å². The van der Waals surface area contributed by atoms with Crippen molar-refractivity contribution in [1.29, 1.82) is 0 Å². The van der Waals surface area contributed by atoms with E-state index in [2.05, 4.69) is 0 Å². The lowest BCUT2D eigenvalue weighted by molar-refractivity contribution is -0.167. The largest absolute Gasteiger partial charge is 0.490 e. The number of amides is 4. The molecule has 0 bridgehead atoms. The van der Waals surface area contributed by atoms with Crippen molar-refractivity contribution in [2.24, 2.45) is 0 Å². The fraction of sp³-hybridized carbons (Fsp3) is 0.286. The molecule has 0 aromatic heterocycles. The quantitative estimate of drug-likeness (QED) is 0.551. The first-order valence-electron chi connectivity index (χ1n) is 9.38. The maximum atomic E-state index is 12.5. The average Bonchev–Trinajstić information content (AvgIpc) is 2.90. The monoisotopic (exact) mass is 396 g/mol. The Bertz CT molecular complexity index is 916. The zero-order valence-electron chi connectivity index (χ0n) is 15.7. The van der Waals surface area contributed by atoms with Crippen LogP contribution < -0.4 is 9.47 Å². The number of fused-ring (bicyclic) bond motifs is 1. The standard InChI is InChI=1S/C21H20N2O6/c24-19-20(25)23(21(26)22(19)14-15-6-2-1-3-7-15)28-13-11-16-10-12-27-17-8-4-5-9-18(17)29-16/h1-9,16H,10-14H2. The van der Waals surface area contributed by atoms with Crippen molar-refractivity contribution < 1.29 is 28.7 Å². The zero-order chi connectivity index (χ0) is 20.2. The lowest BCUT2D eigenvalue weighted by atomic mass is 10.2. The van der Waals surface area contributed by atoms with Crippen LogP contribution in [0.2, 0.25) is 0 Å². The molecule has 8 heteroatoms. The Balaban J connectivity index is 1.33. The highest BCUT2D eigenvalue weighted by Crippen LogP contribution is 2.31. The zero-order valence-corrected chi connectivity index (χ0v) is 15.7. The highest BCUT2D eigenvalue weighted by molar-refractivity contribution is 6.44. The Labute approximate surface area is 167 Å². The third-order valence-electron chi connectivity index (χ3n) is 4.70. The summed E-state index contributed by atoms with van der Waals surface area (Å²) in [5.74, 6) is -0.552. The molecule has 8 nitrogen and oxygen atoms in total. The lowest BCUT2D eigenvalue weighted by Crippen LogP contribution is -2.34. The van der Waals surface area contributed by atoms with Gasteiger partial charge in [0.1, 0.15) is 6.10 Å². The summed E-state index contributed by atoms with van der Waals surface area (Å²) in [5, 5.41) is 0.534.